The number of nitrogens with zero attached hydrogens (tertiary/aromatic N) is 1. The maximum absolute atomic E-state index is 12.3. The van der Waals surface area contributed by atoms with E-state index >= 15 is 0 Å². The smallest absolute Gasteiger partial charge is 0.328 e. The normalized spacial score (nSPS) is 12.3. The van der Waals surface area contributed by atoms with Crippen molar-refractivity contribution in [2.45, 2.75) is 25.9 Å². The predicted octanol–water partition coefficient (Wildman–Crippen LogP) is 1.04. The molecule has 7 heteroatoms. The van der Waals surface area contributed by atoms with Crippen LogP contribution in [0.5, 0.6) is 0 Å². The largest absolute Gasteiger partial charge is 0.467 e. The minimum atomic E-state index is -2.55. The molecule has 0 bridgehead atoms. The molecule has 0 unspecified atom stereocenters. The van der Waals surface area contributed by atoms with Crippen molar-refractivity contribution < 1.29 is 23.1 Å². The van der Waals surface area contributed by atoms with E-state index in [-0.39, 0.29) is 5.69 Å². The van der Waals surface area contributed by atoms with Crippen molar-refractivity contribution in [2.75, 3.05) is 7.11 Å². The molecule has 0 saturated heterocycles. The van der Waals surface area contributed by atoms with Crippen LogP contribution in [0.15, 0.2) is 18.3 Å². The second kappa shape index (κ2) is 6.13. The molecular formula is C11H14F2N2O3. The number of hydrogen-bond donors (Lipinski definition) is 1. The first-order valence-electron chi connectivity index (χ1n) is 5.27. The third kappa shape index (κ3) is 3.54. The van der Waals surface area contributed by atoms with Crippen LogP contribution in [0.2, 0.25) is 0 Å². The van der Waals surface area contributed by atoms with Gasteiger partial charge in [0.1, 0.15) is 11.7 Å². The van der Waals surface area contributed by atoms with Gasteiger partial charge in [0.15, 0.2) is 0 Å². The zero-order valence-corrected chi connectivity index (χ0v) is 10.0. The molecule has 5 nitrogen and oxygen atoms in total. The molecule has 0 aliphatic carbocycles. The lowest BCUT2D eigenvalue weighted by atomic mass is 10.3. The highest BCUT2D eigenvalue weighted by Crippen LogP contribution is 2.06. The summed E-state index contributed by atoms with van der Waals surface area (Å²) in [7, 11) is 1.20. The minimum absolute atomic E-state index is 0.0750. The molecule has 1 rings (SSSR count). The molecule has 100 valence electrons. The fraction of sp³-hybridized carbons (Fsp3) is 0.455. The Morgan fingerprint density at radius 1 is 1.50 bits per heavy atom. The number of aromatic nitrogens is 1. The lowest BCUT2D eigenvalue weighted by Gasteiger charge is -2.13. The van der Waals surface area contributed by atoms with Gasteiger partial charge in [0.2, 0.25) is 0 Å². The standard InChI is InChI=1S/C11H14F2N2O3/c1-7(11(17)18-2)14-10(16)8-4-3-5-15(8)6-9(12)13/h3-5,7,9H,6H2,1-2H3,(H,14,16)/t7-/m1/s1. The highest BCUT2D eigenvalue weighted by atomic mass is 19.3. The van der Waals surface area contributed by atoms with Gasteiger partial charge in [0, 0.05) is 6.20 Å². The first kappa shape index (κ1) is 14.1. The molecule has 1 aromatic heterocycles. The first-order chi connectivity index (χ1) is 8.45. The molecule has 0 spiro atoms. The van der Waals surface area contributed by atoms with E-state index in [1.54, 1.807) is 0 Å². The Morgan fingerprint density at radius 3 is 2.72 bits per heavy atom. The number of carbonyl (C=O) groups is 2. The first-order valence-corrected chi connectivity index (χ1v) is 5.27. The molecule has 1 N–H and O–H groups in total. The van der Waals surface area contributed by atoms with Crippen LogP contribution in [-0.2, 0) is 16.1 Å². The maximum atomic E-state index is 12.3. The number of hydrogen-bond acceptors (Lipinski definition) is 3. The van der Waals surface area contributed by atoms with Gasteiger partial charge in [0.05, 0.1) is 13.7 Å². The van der Waals surface area contributed by atoms with Gasteiger partial charge in [-0.2, -0.15) is 0 Å². The summed E-state index contributed by atoms with van der Waals surface area (Å²) >= 11 is 0. The average molecular weight is 260 g/mol. The van der Waals surface area contributed by atoms with Crippen LogP contribution in [0.1, 0.15) is 17.4 Å². The third-order valence-corrected chi connectivity index (χ3v) is 2.30. The van der Waals surface area contributed by atoms with Crippen molar-refractivity contribution in [3.05, 3.63) is 24.0 Å². The molecule has 1 heterocycles. The average Bonchev–Trinajstić information content (AvgIpc) is 2.74. The van der Waals surface area contributed by atoms with E-state index in [0.29, 0.717) is 0 Å². The maximum Gasteiger partial charge on any atom is 0.328 e. The van der Waals surface area contributed by atoms with Crippen molar-refractivity contribution in [1.29, 1.82) is 0 Å². The van der Waals surface area contributed by atoms with Crippen LogP contribution in [0.4, 0.5) is 8.78 Å². The Bertz CT molecular complexity index is 432. The fourth-order valence-corrected chi connectivity index (χ4v) is 1.43. The van der Waals surface area contributed by atoms with E-state index in [2.05, 4.69) is 10.1 Å². The second-order valence-corrected chi connectivity index (χ2v) is 3.66. The van der Waals surface area contributed by atoms with Gasteiger partial charge >= 0.3 is 5.97 Å². The Kier molecular flexibility index (Phi) is 4.82. The van der Waals surface area contributed by atoms with Gasteiger partial charge in [-0.15, -0.1) is 0 Å². The lowest BCUT2D eigenvalue weighted by molar-refractivity contribution is -0.142. The van der Waals surface area contributed by atoms with Crippen molar-refractivity contribution in [1.82, 2.24) is 9.88 Å². The van der Waals surface area contributed by atoms with Crippen molar-refractivity contribution in [2.24, 2.45) is 0 Å². The Balaban J connectivity index is 2.72. The zero-order valence-electron chi connectivity index (χ0n) is 10.0. The summed E-state index contributed by atoms with van der Waals surface area (Å²) in [6, 6.07) is 2.05. The molecule has 1 atom stereocenters. The molecular weight excluding hydrogens is 246 g/mol. The topological polar surface area (TPSA) is 60.3 Å². The summed E-state index contributed by atoms with van der Waals surface area (Å²) in [5.74, 6) is -1.20. The number of nitrogens with one attached hydrogen (secondary N) is 1. The molecule has 0 radical (unpaired) electrons. The van der Waals surface area contributed by atoms with E-state index in [1.807, 2.05) is 0 Å². The van der Waals surface area contributed by atoms with Crippen LogP contribution < -0.4 is 5.32 Å². The van der Waals surface area contributed by atoms with Gasteiger partial charge in [0.25, 0.3) is 12.3 Å². The molecule has 0 aliphatic heterocycles. The highest BCUT2D eigenvalue weighted by molar-refractivity contribution is 5.95. The molecule has 18 heavy (non-hydrogen) atoms. The summed E-state index contributed by atoms with van der Waals surface area (Å²) in [6.07, 6.45) is -1.17. The molecule has 1 aromatic rings. The van der Waals surface area contributed by atoms with Crippen molar-refractivity contribution >= 4 is 11.9 Å². The third-order valence-electron chi connectivity index (χ3n) is 2.30. The van der Waals surface area contributed by atoms with E-state index < -0.39 is 30.9 Å². The number of amides is 1. The molecule has 1 amide bonds. The van der Waals surface area contributed by atoms with E-state index in [1.165, 1.54) is 32.4 Å². The second-order valence-electron chi connectivity index (χ2n) is 3.66. The Hall–Kier alpha value is -1.92. The van der Waals surface area contributed by atoms with Crippen LogP contribution in [0.3, 0.4) is 0 Å². The van der Waals surface area contributed by atoms with Gasteiger partial charge in [-0.05, 0) is 19.1 Å². The summed E-state index contributed by atoms with van der Waals surface area (Å²) in [4.78, 5) is 22.9. The van der Waals surface area contributed by atoms with Gasteiger partial charge in [-0.25, -0.2) is 13.6 Å². The van der Waals surface area contributed by atoms with Gasteiger partial charge < -0.3 is 14.6 Å². The number of esters is 1. The number of alkyl halides is 2. The van der Waals surface area contributed by atoms with Crippen LogP contribution >= 0.6 is 0 Å². The number of carbonyl (C=O) groups excluding carboxylic acids is 2. The molecule has 0 fully saturated rings. The predicted molar refractivity (Wildman–Crippen MR) is 59.4 cm³/mol. The van der Waals surface area contributed by atoms with E-state index in [9.17, 15) is 18.4 Å². The Labute approximate surface area is 103 Å². The summed E-state index contributed by atoms with van der Waals surface area (Å²) in [6.45, 7) is 0.881. The number of methoxy groups -OCH3 is 1. The number of rotatable bonds is 5. The van der Waals surface area contributed by atoms with Crippen LogP contribution in [0, 0.1) is 0 Å². The molecule has 0 saturated carbocycles. The monoisotopic (exact) mass is 260 g/mol. The van der Waals surface area contributed by atoms with E-state index in [4.69, 9.17) is 0 Å². The molecule has 0 aromatic carbocycles. The van der Waals surface area contributed by atoms with Crippen LogP contribution in [0.25, 0.3) is 0 Å². The van der Waals surface area contributed by atoms with E-state index in [0.717, 1.165) is 4.57 Å². The Morgan fingerprint density at radius 2 is 2.17 bits per heavy atom. The lowest BCUT2D eigenvalue weighted by Crippen LogP contribution is -2.40. The SMILES string of the molecule is COC(=O)[C@@H](C)NC(=O)c1cccn1CC(F)F. The van der Waals surface area contributed by atoms with Crippen molar-refractivity contribution in [3.63, 3.8) is 0 Å². The number of halogens is 2. The number of ether oxygens (including phenoxy) is 1. The van der Waals surface area contributed by atoms with Gasteiger partial charge in [-0.1, -0.05) is 0 Å². The summed E-state index contributed by atoms with van der Waals surface area (Å²) in [5, 5.41) is 2.37. The molecule has 0 aliphatic rings. The summed E-state index contributed by atoms with van der Waals surface area (Å²) < 4.78 is 30.1. The minimum Gasteiger partial charge on any atom is -0.467 e. The highest BCUT2D eigenvalue weighted by Gasteiger charge is 2.19. The fourth-order valence-electron chi connectivity index (χ4n) is 1.43. The van der Waals surface area contributed by atoms with Gasteiger partial charge in [-0.3, -0.25) is 4.79 Å². The van der Waals surface area contributed by atoms with Crippen LogP contribution in [-0.4, -0.2) is 36.0 Å². The summed E-state index contributed by atoms with van der Waals surface area (Å²) in [5.41, 5.74) is 0.0750. The zero-order chi connectivity index (χ0) is 13.7. The van der Waals surface area contributed by atoms with Crippen molar-refractivity contribution in [3.8, 4) is 0 Å². The quantitative estimate of drug-likeness (QED) is 0.805.